The van der Waals surface area contributed by atoms with Gasteiger partial charge in [0.25, 0.3) is 0 Å². The maximum Gasteiger partial charge on any atom is 0.234 e. The van der Waals surface area contributed by atoms with E-state index in [2.05, 4.69) is 23.2 Å². The van der Waals surface area contributed by atoms with Gasteiger partial charge >= 0.3 is 0 Å². The fourth-order valence-corrected chi connectivity index (χ4v) is 3.31. The lowest BCUT2D eigenvalue weighted by atomic mass is 9.97. The fourth-order valence-electron chi connectivity index (χ4n) is 3.31. The average Bonchev–Trinajstić information content (AvgIpc) is 2.80. The van der Waals surface area contributed by atoms with Crippen molar-refractivity contribution in [2.24, 2.45) is 5.92 Å². The third-order valence-corrected chi connectivity index (χ3v) is 4.68. The van der Waals surface area contributed by atoms with Crippen LogP contribution in [0.15, 0.2) is 11.6 Å². The first-order chi connectivity index (χ1) is 9.70. The summed E-state index contributed by atoms with van der Waals surface area (Å²) < 4.78 is 0. The Labute approximate surface area is 122 Å². The number of likely N-dealkylation sites (tertiary alicyclic amines) is 1. The first-order valence-corrected chi connectivity index (χ1v) is 8.00. The molecule has 1 fully saturated rings. The van der Waals surface area contributed by atoms with Crippen molar-refractivity contribution in [1.29, 1.82) is 0 Å². The number of hydrogen-bond acceptors (Lipinski definition) is 3. The third-order valence-electron chi connectivity index (χ3n) is 4.68. The van der Waals surface area contributed by atoms with Crippen LogP contribution in [0.3, 0.4) is 0 Å². The predicted molar refractivity (Wildman–Crippen MR) is 80.4 cm³/mol. The third kappa shape index (κ3) is 4.32. The molecule has 0 aromatic rings. The molecule has 2 N–H and O–H groups in total. The van der Waals surface area contributed by atoms with Gasteiger partial charge in [-0.05, 0) is 51.0 Å². The van der Waals surface area contributed by atoms with Gasteiger partial charge in [-0.25, -0.2) is 0 Å². The number of rotatable bonds is 6. The Morgan fingerprint density at radius 1 is 1.50 bits per heavy atom. The highest BCUT2D eigenvalue weighted by Crippen LogP contribution is 2.23. The zero-order valence-electron chi connectivity index (χ0n) is 12.6. The maximum atomic E-state index is 12.0. The normalized spacial score (nSPS) is 27.4. The highest BCUT2D eigenvalue weighted by atomic mass is 16.3. The van der Waals surface area contributed by atoms with Gasteiger partial charge in [0, 0.05) is 12.6 Å². The summed E-state index contributed by atoms with van der Waals surface area (Å²) in [7, 11) is 0. The summed E-state index contributed by atoms with van der Waals surface area (Å²) >= 11 is 0. The summed E-state index contributed by atoms with van der Waals surface area (Å²) in [5, 5.41) is 12.4. The molecule has 20 heavy (non-hydrogen) atoms. The standard InChI is InChI=1S/C16H28N2O2/c1-13-8-10-18(15(13)12-19)11-16(20)17-9-7-14-5-3-2-4-6-14/h5,13,15,19H,2-4,6-12H2,1H3,(H,17,20). The Hall–Kier alpha value is -0.870. The molecule has 2 aliphatic rings. The highest BCUT2D eigenvalue weighted by molar-refractivity contribution is 5.78. The molecule has 1 heterocycles. The van der Waals surface area contributed by atoms with E-state index in [1.165, 1.54) is 31.3 Å². The second kappa shape index (κ2) is 7.79. The van der Waals surface area contributed by atoms with Crippen LogP contribution >= 0.6 is 0 Å². The van der Waals surface area contributed by atoms with Crippen molar-refractivity contribution in [2.45, 2.75) is 51.5 Å². The Balaban J connectivity index is 1.66. The van der Waals surface area contributed by atoms with E-state index in [-0.39, 0.29) is 18.6 Å². The number of carbonyl (C=O) groups excluding carboxylic acids is 1. The molecule has 1 amide bonds. The monoisotopic (exact) mass is 280 g/mol. The molecule has 2 rings (SSSR count). The number of nitrogens with one attached hydrogen (secondary N) is 1. The molecule has 1 aliphatic carbocycles. The van der Waals surface area contributed by atoms with E-state index in [1.54, 1.807) is 0 Å². The zero-order chi connectivity index (χ0) is 14.4. The quantitative estimate of drug-likeness (QED) is 0.728. The first kappa shape index (κ1) is 15.5. The Kier molecular flexibility index (Phi) is 6.05. The second-order valence-corrected chi connectivity index (χ2v) is 6.19. The maximum absolute atomic E-state index is 12.0. The first-order valence-electron chi connectivity index (χ1n) is 8.00. The minimum atomic E-state index is 0.0916. The molecule has 0 bridgehead atoms. The van der Waals surface area contributed by atoms with Crippen molar-refractivity contribution < 1.29 is 9.90 Å². The lowest BCUT2D eigenvalue weighted by Crippen LogP contribution is -2.42. The van der Waals surface area contributed by atoms with Crippen molar-refractivity contribution in [3.63, 3.8) is 0 Å². The Morgan fingerprint density at radius 3 is 3.05 bits per heavy atom. The summed E-state index contributed by atoms with van der Waals surface area (Å²) in [6, 6.07) is 0.154. The van der Waals surface area contributed by atoms with Crippen LogP contribution in [0.25, 0.3) is 0 Å². The van der Waals surface area contributed by atoms with Crippen LogP contribution in [0.1, 0.15) is 45.4 Å². The number of allylic oxidation sites excluding steroid dienone is 1. The molecule has 0 aromatic heterocycles. The van der Waals surface area contributed by atoms with Crippen LogP contribution in [-0.2, 0) is 4.79 Å². The summed E-state index contributed by atoms with van der Waals surface area (Å²) in [4.78, 5) is 14.1. The molecule has 2 unspecified atom stereocenters. The van der Waals surface area contributed by atoms with Crippen molar-refractivity contribution in [1.82, 2.24) is 10.2 Å². The number of carbonyl (C=O) groups is 1. The van der Waals surface area contributed by atoms with Crippen LogP contribution in [-0.4, -0.2) is 48.2 Å². The molecule has 1 aliphatic heterocycles. The number of aliphatic hydroxyl groups excluding tert-OH is 1. The van der Waals surface area contributed by atoms with E-state index in [0.29, 0.717) is 12.5 Å². The minimum Gasteiger partial charge on any atom is -0.395 e. The molecule has 4 heteroatoms. The van der Waals surface area contributed by atoms with Crippen LogP contribution in [0.4, 0.5) is 0 Å². The molecular formula is C16H28N2O2. The minimum absolute atomic E-state index is 0.0916. The number of amides is 1. The average molecular weight is 280 g/mol. The second-order valence-electron chi connectivity index (χ2n) is 6.19. The summed E-state index contributed by atoms with van der Waals surface area (Å²) in [6.07, 6.45) is 9.41. The lowest BCUT2D eigenvalue weighted by Gasteiger charge is -2.24. The van der Waals surface area contributed by atoms with Gasteiger partial charge in [0.05, 0.1) is 13.2 Å². The number of aliphatic hydroxyl groups is 1. The number of nitrogens with zero attached hydrogens (tertiary/aromatic N) is 1. The number of hydrogen-bond donors (Lipinski definition) is 2. The molecule has 0 aromatic carbocycles. The Morgan fingerprint density at radius 2 is 2.35 bits per heavy atom. The topological polar surface area (TPSA) is 52.6 Å². The van der Waals surface area contributed by atoms with Gasteiger partial charge in [-0.1, -0.05) is 18.6 Å². The molecular weight excluding hydrogens is 252 g/mol. The van der Waals surface area contributed by atoms with Crippen LogP contribution in [0.5, 0.6) is 0 Å². The zero-order valence-corrected chi connectivity index (χ0v) is 12.6. The SMILES string of the molecule is CC1CCN(CC(=O)NCCC2=CCCCC2)C1CO. The molecule has 0 radical (unpaired) electrons. The molecule has 114 valence electrons. The summed E-state index contributed by atoms with van der Waals surface area (Å²) in [5.41, 5.74) is 1.50. The van der Waals surface area contributed by atoms with Crippen LogP contribution in [0, 0.1) is 5.92 Å². The van der Waals surface area contributed by atoms with E-state index in [1.807, 2.05) is 0 Å². The summed E-state index contributed by atoms with van der Waals surface area (Å²) in [5.74, 6) is 0.578. The van der Waals surface area contributed by atoms with Crippen molar-refractivity contribution in [3.8, 4) is 0 Å². The summed E-state index contributed by atoms with van der Waals surface area (Å²) in [6.45, 7) is 4.40. The predicted octanol–water partition coefficient (Wildman–Crippen LogP) is 1.70. The molecule has 1 saturated heterocycles. The smallest absolute Gasteiger partial charge is 0.234 e. The lowest BCUT2D eigenvalue weighted by molar-refractivity contribution is -0.122. The molecule has 0 saturated carbocycles. The van der Waals surface area contributed by atoms with E-state index in [4.69, 9.17) is 0 Å². The molecule has 2 atom stereocenters. The van der Waals surface area contributed by atoms with Crippen molar-refractivity contribution in [2.75, 3.05) is 26.2 Å². The van der Waals surface area contributed by atoms with Gasteiger partial charge in [0.15, 0.2) is 0 Å². The van der Waals surface area contributed by atoms with Gasteiger partial charge in [-0.3, -0.25) is 9.69 Å². The largest absolute Gasteiger partial charge is 0.395 e. The highest BCUT2D eigenvalue weighted by Gasteiger charge is 2.31. The van der Waals surface area contributed by atoms with E-state index in [9.17, 15) is 9.90 Å². The van der Waals surface area contributed by atoms with Crippen LogP contribution < -0.4 is 5.32 Å². The van der Waals surface area contributed by atoms with Crippen LogP contribution in [0.2, 0.25) is 0 Å². The molecule has 0 spiro atoms. The Bertz CT molecular complexity index is 354. The van der Waals surface area contributed by atoms with Gasteiger partial charge in [0.1, 0.15) is 0 Å². The fraction of sp³-hybridized carbons (Fsp3) is 0.812. The van der Waals surface area contributed by atoms with Gasteiger partial charge < -0.3 is 10.4 Å². The van der Waals surface area contributed by atoms with E-state index in [0.717, 1.165) is 25.9 Å². The van der Waals surface area contributed by atoms with Crippen molar-refractivity contribution >= 4 is 5.91 Å². The van der Waals surface area contributed by atoms with E-state index < -0.39 is 0 Å². The van der Waals surface area contributed by atoms with Gasteiger partial charge in [-0.2, -0.15) is 0 Å². The van der Waals surface area contributed by atoms with E-state index >= 15 is 0 Å². The van der Waals surface area contributed by atoms with Gasteiger partial charge in [-0.15, -0.1) is 0 Å². The molecule has 4 nitrogen and oxygen atoms in total. The van der Waals surface area contributed by atoms with Crippen molar-refractivity contribution in [3.05, 3.63) is 11.6 Å². The van der Waals surface area contributed by atoms with Gasteiger partial charge in [0.2, 0.25) is 5.91 Å².